The molecule has 0 fully saturated rings. The molecule has 0 saturated carbocycles. The molecule has 0 radical (unpaired) electrons. The van der Waals surface area contributed by atoms with Crippen molar-refractivity contribution in [3.8, 4) is 0 Å². The maximum Gasteiger partial charge on any atom is 0.426 e. The maximum atomic E-state index is 10.4. The Morgan fingerprint density at radius 3 is 2.33 bits per heavy atom. The van der Waals surface area contributed by atoms with Gasteiger partial charge in [0.2, 0.25) is 5.91 Å². The van der Waals surface area contributed by atoms with Gasteiger partial charge in [-0.2, -0.15) is 0 Å². The van der Waals surface area contributed by atoms with E-state index >= 15 is 0 Å². The number of carboxylic acid groups (broad SMARTS) is 1. The van der Waals surface area contributed by atoms with Crippen LogP contribution in [0.25, 0.3) is 0 Å². The van der Waals surface area contributed by atoms with Crippen LogP contribution in [0.1, 0.15) is 13.8 Å². The van der Waals surface area contributed by atoms with Crippen LogP contribution in [-0.4, -0.2) is 39.9 Å². The molecule has 0 aliphatic carbocycles. The fourth-order valence-corrected chi connectivity index (χ4v) is 0.626. The second kappa shape index (κ2) is 4.55. The van der Waals surface area contributed by atoms with E-state index in [1.165, 1.54) is 13.8 Å². The quantitative estimate of drug-likeness (QED) is 0.490. The molecule has 0 aromatic rings. The van der Waals surface area contributed by atoms with Crippen LogP contribution in [-0.2, 0) is 4.79 Å². The minimum atomic E-state index is -1.30. The van der Waals surface area contributed by atoms with Gasteiger partial charge in [0, 0.05) is 6.92 Å². The van der Waals surface area contributed by atoms with Crippen molar-refractivity contribution >= 4 is 12.0 Å². The molecular formula is C6H12N2O4. The zero-order valence-corrected chi connectivity index (χ0v) is 6.94. The van der Waals surface area contributed by atoms with E-state index in [2.05, 4.69) is 0 Å². The topological polar surface area (TPSA) is 89.9 Å². The summed E-state index contributed by atoms with van der Waals surface area (Å²) >= 11 is 0. The van der Waals surface area contributed by atoms with Crippen molar-refractivity contribution in [1.82, 2.24) is 10.4 Å². The molecule has 6 nitrogen and oxygen atoms in total. The molecule has 0 aliphatic heterocycles. The van der Waals surface area contributed by atoms with Crippen LogP contribution < -0.4 is 5.43 Å². The molecule has 0 aromatic heterocycles. The molecule has 1 atom stereocenters. The Morgan fingerprint density at radius 1 is 1.58 bits per heavy atom. The van der Waals surface area contributed by atoms with E-state index in [0.717, 1.165) is 0 Å². The zero-order valence-electron chi connectivity index (χ0n) is 6.94. The first-order valence-corrected chi connectivity index (χ1v) is 3.39. The van der Waals surface area contributed by atoms with Gasteiger partial charge < -0.3 is 10.2 Å². The largest absolute Gasteiger partial charge is 0.464 e. The highest BCUT2D eigenvalue weighted by molar-refractivity contribution is 5.76. The number of hydrogen-bond donors (Lipinski definition) is 3. The maximum absolute atomic E-state index is 10.4. The van der Waals surface area contributed by atoms with Crippen molar-refractivity contribution in [3.05, 3.63) is 0 Å². The number of aliphatic hydroxyl groups excluding tert-OH is 1. The van der Waals surface area contributed by atoms with Gasteiger partial charge in [-0.15, -0.1) is 0 Å². The third-order valence-electron chi connectivity index (χ3n) is 0.970. The molecule has 12 heavy (non-hydrogen) atoms. The number of amides is 2. The second-order valence-electron chi connectivity index (χ2n) is 2.41. The van der Waals surface area contributed by atoms with Gasteiger partial charge in [-0.05, 0) is 6.92 Å². The molecule has 0 heterocycles. The zero-order chi connectivity index (χ0) is 9.72. The van der Waals surface area contributed by atoms with Crippen molar-refractivity contribution < 1.29 is 19.8 Å². The summed E-state index contributed by atoms with van der Waals surface area (Å²) in [6.07, 6.45) is -2.11. The molecule has 0 spiro atoms. The Balaban J connectivity index is 4.04. The minimum absolute atomic E-state index is 0.144. The van der Waals surface area contributed by atoms with Gasteiger partial charge in [0.1, 0.15) is 0 Å². The molecule has 0 saturated heterocycles. The molecule has 6 heteroatoms. The molecular weight excluding hydrogens is 164 g/mol. The average molecular weight is 176 g/mol. The highest BCUT2D eigenvalue weighted by Gasteiger charge is 2.14. The number of carbonyl (C=O) groups excluding carboxylic acids is 1. The summed E-state index contributed by atoms with van der Waals surface area (Å²) in [5.74, 6) is -0.488. The average Bonchev–Trinajstić information content (AvgIpc) is 1.83. The van der Waals surface area contributed by atoms with Gasteiger partial charge in [-0.3, -0.25) is 10.2 Å². The molecule has 0 bridgehead atoms. The lowest BCUT2D eigenvalue weighted by molar-refractivity contribution is -0.123. The summed E-state index contributed by atoms with van der Waals surface area (Å²) in [6, 6.07) is 0. The summed E-state index contributed by atoms with van der Waals surface area (Å²) in [5, 5.41) is 17.9. The van der Waals surface area contributed by atoms with Crippen LogP contribution in [0.15, 0.2) is 0 Å². The van der Waals surface area contributed by atoms with Gasteiger partial charge in [0.15, 0.2) is 0 Å². The van der Waals surface area contributed by atoms with Crippen LogP contribution in [0.5, 0.6) is 0 Å². The summed E-state index contributed by atoms with van der Waals surface area (Å²) in [6.45, 7) is 2.48. The smallest absolute Gasteiger partial charge is 0.426 e. The Kier molecular flexibility index (Phi) is 4.06. The lowest BCUT2D eigenvalue weighted by Gasteiger charge is -2.19. The van der Waals surface area contributed by atoms with E-state index in [-0.39, 0.29) is 6.54 Å². The third-order valence-corrected chi connectivity index (χ3v) is 0.970. The van der Waals surface area contributed by atoms with Gasteiger partial charge in [-0.25, -0.2) is 9.80 Å². The fourth-order valence-electron chi connectivity index (χ4n) is 0.626. The molecule has 0 aromatic carbocycles. The number of nitrogens with one attached hydrogen (secondary N) is 1. The van der Waals surface area contributed by atoms with E-state index in [4.69, 9.17) is 10.2 Å². The number of rotatable bonds is 2. The lowest BCUT2D eigenvalue weighted by Crippen LogP contribution is -2.47. The molecule has 1 unspecified atom stereocenters. The number of nitrogens with zero attached hydrogens (tertiary/aromatic N) is 1. The number of hydrogen-bond acceptors (Lipinski definition) is 3. The summed E-state index contributed by atoms with van der Waals surface area (Å²) < 4.78 is 0. The first kappa shape index (κ1) is 10.7. The van der Waals surface area contributed by atoms with Crippen LogP contribution >= 0.6 is 0 Å². The van der Waals surface area contributed by atoms with Crippen LogP contribution in [0.3, 0.4) is 0 Å². The number of hydrazine groups is 1. The summed E-state index contributed by atoms with van der Waals surface area (Å²) in [4.78, 5) is 20.8. The van der Waals surface area contributed by atoms with Gasteiger partial charge in [0.05, 0.1) is 12.6 Å². The predicted molar refractivity (Wildman–Crippen MR) is 40.2 cm³/mol. The van der Waals surface area contributed by atoms with E-state index in [9.17, 15) is 9.59 Å². The van der Waals surface area contributed by atoms with Crippen molar-refractivity contribution in [2.24, 2.45) is 0 Å². The highest BCUT2D eigenvalue weighted by atomic mass is 16.4. The normalized spacial score (nSPS) is 11.9. The fraction of sp³-hybridized carbons (Fsp3) is 0.667. The summed E-state index contributed by atoms with van der Waals surface area (Å²) in [5.41, 5.74) is 2.05. The van der Waals surface area contributed by atoms with E-state index in [1.54, 1.807) is 0 Å². The number of aliphatic hydroxyl groups is 1. The van der Waals surface area contributed by atoms with Crippen molar-refractivity contribution in [2.75, 3.05) is 6.54 Å². The Bertz CT molecular complexity index is 180. The van der Waals surface area contributed by atoms with Crippen molar-refractivity contribution in [3.63, 3.8) is 0 Å². The summed E-state index contributed by atoms with van der Waals surface area (Å²) in [7, 11) is 0. The van der Waals surface area contributed by atoms with E-state index in [1.807, 2.05) is 5.43 Å². The minimum Gasteiger partial charge on any atom is -0.464 e. The van der Waals surface area contributed by atoms with Gasteiger partial charge in [0.25, 0.3) is 0 Å². The van der Waals surface area contributed by atoms with Crippen LogP contribution in [0, 0.1) is 0 Å². The molecule has 0 aliphatic rings. The SMILES string of the molecule is CC(=O)NN(CC(C)O)C(=O)O. The lowest BCUT2D eigenvalue weighted by atomic mass is 10.4. The van der Waals surface area contributed by atoms with Gasteiger partial charge >= 0.3 is 6.09 Å². The van der Waals surface area contributed by atoms with E-state index < -0.39 is 18.1 Å². The Hall–Kier alpha value is -1.30. The predicted octanol–water partition coefficient (Wildman–Crippen LogP) is -0.602. The van der Waals surface area contributed by atoms with Crippen LogP contribution in [0.2, 0.25) is 0 Å². The Morgan fingerprint density at radius 2 is 2.08 bits per heavy atom. The Labute approximate surface area is 69.8 Å². The first-order chi connectivity index (χ1) is 5.43. The van der Waals surface area contributed by atoms with Crippen LogP contribution in [0.4, 0.5) is 4.79 Å². The second-order valence-corrected chi connectivity index (χ2v) is 2.41. The highest BCUT2D eigenvalue weighted by Crippen LogP contribution is 1.88. The molecule has 2 amide bonds. The molecule has 0 rings (SSSR count). The molecule has 3 N–H and O–H groups in total. The van der Waals surface area contributed by atoms with Gasteiger partial charge in [-0.1, -0.05) is 0 Å². The third kappa shape index (κ3) is 4.51. The van der Waals surface area contributed by atoms with Crippen molar-refractivity contribution in [2.45, 2.75) is 20.0 Å². The van der Waals surface area contributed by atoms with Crippen molar-refractivity contribution in [1.29, 1.82) is 0 Å². The molecule has 70 valence electrons. The van der Waals surface area contributed by atoms with E-state index in [0.29, 0.717) is 5.01 Å². The standard InChI is InChI=1S/C6H12N2O4/c1-4(9)3-8(6(11)12)7-5(2)10/h4,9H,3H2,1-2H3,(H,7,10)(H,11,12). The first-order valence-electron chi connectivity index (χ1n) is 3.39. The monoisotopic (exact) mass is 176 g/mol. The number of carbonyl (C=O) groups is 2.